The minimum absolute atomic E-state index is 0.0839. The second-order valence-corrected chi connectivity index (χ2v) is 4.62. The van der Waals surface area contributed by atoms with Crippen molar-refractivity contribution in [3.63, 3.8) is 0 Å². The molecule has 0 aliphatic carbocycles. The predicted molar refractivity (Wildman–Crippen MR) is 72.3 cm³/mol. The molecule has 0 aromatic carbocycles. The summed E-state index contributed by atoms with van der Waals surface area (Å²) in [6, 6.07) is 4.41. The molecule has 0 aliphatic heterocycles. The van der Waals surface area contributed by atoms with Crippen LogP contribution in [0.4, 0.5) is 5.82 Å². The molecule has 1 aromatic rings. The number of aliphatic hydroxyl groups is 1. The van der Waals surface area contributed by atoms with E-state index in [1.54, 1.807) is 0 Å². The van der Waals surface area contributed by atoms with Gasteiger partial charge in [0.05, 0.1) is 6.61 Å². The first kappa shape index (κ1) is 14.0. The van der Waals surface area contributed by atoms with Gasteiger partial charge in [-0.2, -0.15) is 0 Å². The van der Waals surface area contributed by atoms with Gasteiger partial charge in [-0.1, -0.05) is 13.8 Å². The van der Waals surface area contributed by atoms with Gasteiger partial charge in [-0.25, -0.2) is 4.98 Å². The Bertz CT molecular complexity index is 328. The molecular weight excluding hydrogens is 212 g/mol. The summed E-state index contributed by atoms with van der Waals surface area (Å²) in [6.45, 7) is 9.70. The first-order valence-electron chi connectivity index (χ1n) is 6.49. The largest absolute Gasteiger partial charge is 0.392 e. The van der Waals surface area contributed by atoms with Gasteiger partial charge in [-0.05, 0) is 44.4 Å². The molecule has 0 spiro atoms. The third-order valence-electron chi connectivity index (χ3n) is 2.85. The molecule has 1 aromatic heterocycles. The standard InChI is InChI=1S/C14H24N2O/c1-5-7-16(11(3)4)14-9-12(10-17)8-13(6-2)15-14/h8-9,11,17H,5-7,10H2,1-4H3. The summed E-state index contributed by atoms with van der Waals surface area (Å²) in [5.41, 5.74) is 2.00. The maximum Gasteiger partial charge on any atom is 0.129 e. The zero-order valence-electron chi connectivity index (χ0n) is 11.4. The molecule has 17 heavy (non-hydrogen) atoms. The minimum Gasteiger partial charge on any atom is -0.392 e. The molecule has 0 saturated carbocycles. The first-order valence-corrected chi connectivity index (χ1v) is 6.49. The Morgan fingerprint density at radius 3 is 2.47 bits per heavy atom. The van der Waals surface area contributed by atoms with Crippen LogP contribution in [0.1, 0.15) is 45.4 Å². The van der Waals surface area contributed by atoms with Gasteiger partial charge >= 0.3 is 0 Å². The maximum atomic E-state index is 9.29. The van der Waals surface area contributed by atoms with Crippen LogP contribution in [0.3, 0.4) is 0 Å². The fourth-order valence-electron chi connectivity index (χ4n) is 1.93. The number of aryl methyl sites for hydroxylation is 1. The Kier molecular flexibility index (Phi) is 5.42. The summed E-state index contributed by atoms with van der Waals surface area (Å²) < 4.78 is 0. The molecule has 0 amide bonds. The fraction of sp³-hybridized carbons (Fsp3) is 0.643. The summed E-state index contributed by atoms with van der Waals surface area (Å²) in [4.78, 5) is 6.94. The molecule has 0 bridgehead atoms. The summed E-state index contributed by atoms with van der Waals surface area (Å²) >= 11 is 0. The van der Waals surface area contributed by atoms with Crippen molar-refractivity contribution in [3.8, 4) is 0 Å². The number of aromatic nitrogens is 1. The number of rotatable bonds is 6. The minimum atomic E-state index is 0.0839. The zero-order valence-corrected chi connectivity index (χ0v) is 11.4. The van der Waals surface area contributed by atoms with Gasteiger partial charge in [-0.3, -0.25) is 0 Å². The van der Waals surface area contributed by atoms with E-state index in [0.717, 1.165) is 36.5 Å². The van der Waals surface area contributed by atoms with Crippen LogP contribution in [0.15, 0.2) is 12.1 Å². The number of aliphatic hydroxyl groups excluding tert-OH is 1. The highest BCUT2D eigenvalue weighted by atomic mass is 16.3. The van der Waals surface area contributed by atoms with Crippen LogP contribution in [-0.2, 0) is 13.0 Å². The lowest BCUT2D eigenvalue weighted by Crippen LogP contribution is -2.32. The smallest absolute Gasteiger partial charge is 0.129 e. The second-order valence-electron chi connectivity index (χ2n) is 4.62. The van der Waals surface area contributed by atoms with E-state index in [9.17, 15) is 5.11 Å². The van der Waals surface area contributed by atoms with Crippen molar-refractivity contribution in [1.29, 1.82) is 0 Å². The second kappa shape index (κ2) is 6.60. The van der Waals surface area contributed by atoms with Gasteiger partial charge in [0.2, 0.25) is 0 Å². The number of pyridine rings is 1. The van der Waals surface area contributed by atoms with E-state index >= 15 is 0 Å². The summed E-state index contributed by atoms with van der Waals surface area (Å²) in [6.07, 6.45) is 2.00. The lowest BCUT2D eigenvalue weighted by molar-refractivity contribution is 0.281. The molecule has 0 unspecified atom stereocenters. The van der Waals surface area contributed by atoms with Gasteiger partial charge in [-0.15, -0.1) is 0 Å². The van der Waals surface area contributed by atoms with Gasteiger partial charge in [0.15, 0.2) is 0 Å². The molecule has 1 rings (SSSR count). The van der Waals surface area contributed by atoms with Crippen LogP contribution in [-0.4, -0.2) is 22.7 Å². The topological polar surface area (TPSA) is 36.4 Å². The third-order valence-corrected chi connectivity index (χ3v) is 2.85. The molecular formula is C14H24N2O. The quantitative estimate of drug-likeness (QED) is 0.825. The van der Waals surface area contributed by atoms with E-state index in [2.05, 4.69) is 37.6 Å². The molecule has 0 atom stereocenters. The lowest BCUT2D eigenvalue weighted by atomic mass is 10.2. The summed E-state index contributed by atoms with van der Waals surface area (Å²) in [5, 5.41) is 9.29. The Hall–Kier alpha value is -1.09. The van der Waals surface area contributed by atoms with E-state index in [0.29, 0.717) is 6.04 Å². The predicted octanol–water partition coefficient (Wildman–Crippen LogP) is 2.76. The number of nitrogens with zero attached hydrogens (tertiary/aromatic N) is 2. The molecule has 96 valence electrons. The molecule has 0 fully saturated rings. The first-order chi connectivity index (χ1) is 8.12. The van der Waals surface area contributed by atoms with Gasteiger partial charge in [0, 0.05) is 18.3 Å². The zero-order chi connectivity index (χ0) is 12.8. The Morgan fingerprint density at radius 1 is 1.29 bits per heavy atom. The van der Waals surface area contributed by atoms with Crippen molar-refractivity contribution in [2.45, 2.75) is 53.2 Å². The molecule has 0 saturated heterocycles. The molecule has 0 aliphatic rings. The Balaban J connectivity index is 3.08. The van der Waals surface area contributed by atoms with Crippen LogP contribution in [0.2, 0.25) is 0 Å². The lowest BCUT2D eigenvalue weighted by Gasteiger charge is -2.28. The van der Waals surface area contributed by atoms with Crippen molar-refractivity contribution < 1.29 is 5.11 Å². The third kappa shape index (κ3) is 3.70. The van der Waals surface area contributed by atoms with Crippen LogP contribution in [0.25, 0.3) is 0 Å². The van der Waals surface area contributed by atoms with E-state index < -0.39 is 0 Å². The molecule has 3 heteroatoms. The molecule has 1 N–H and O–H groups in total. The summed E-state index contributed by atoms with van der Waals surface area (Å²) in [7, 11) is 0. The van der Waals surface area contributed by atoms with Crippen LogP contribution >= 0.6 is 0 Å². The normalized spacial score (nSPS) is 10.9. The fourth-order valence-corrected chi connectivity index (χ4v) is 1.93. The van der Waals surface area contributed by atoms with E-state index in [1.165, 1.54) is 0 Å². The number of anilines is 1. The molecule has 3 nitrogen and oxygen atoms in total. The number of hydrogen-bond donors (Lipinski definition) is 1. The maximum absolute atomic E-state index is 9.29. The van der Waals surface area contributed by atoms with Gasteiger partial charge in [0.1, 0.15) is 5.82 Å². The highest BCUT2D eigenvalue weighted by Crippen LogP contribution is 2.18. The van der Waals surface area contributed by atoms with Crippen molar-refractivity contribution in [3.05, 3.63) is 23.4 Å². The van der Waals surface area contributed by atoms with Crippen molar-refractivity contribution >= 4 is 5.82 Å². The number of hydrogen-bond acceptors (Lipinski definition) is 3. The summed E-state index contributed by atoms with van der Waals surface area (Å²) in [5.74, 6) is 0.991. The average Bonchev–Trinajstić information content (AvgIpc) is 2.34. The Labute approximate surface area is 104 Å². The van der Waals surface area contributed by atoms with Crippen LogP contribution in [0.5, 0.6) is 0 Å². The monoisotopic (exact) mass is 236 g/mol. The average molecular weight is 236 g/mol. The molecule has 0 radical (unpaired) electrons. The van der Waals surface area contributed by atoms with Crippen LogP contribution < -0.4 is 4.90 Å². The highest BCUT2D eigenvalue weighted by molar-refractivity contribution is 5.43. The van der Waals surface area contributed by atoms with Crippen molar-refractivity contribution in [2.75, 3.05) is 11.4 Å². The van der Waals surface area contributed by atoms with Crippen molar-refractivity contribution in [2.24, 2.45) is 0 Å². The van der Waals surface area contributed by atoms with Crippen LogP contribution in [0, 0.1) is 0 Å². The SMILES string of the molecule is CCCN(c1cc(CO)cc(CC)n1)C(C)C. The van der Waals surface area contributed by atoms with E-state index in [-0.39, 0.29) is 6.61 Å². The van der Waals surface area contributed by atoms with Crippen molar-refractivity contribution in [1.82, 2.24) is 4.98 Å². The van der Waals surface area contributed by atoms with E-state index in [4.69, 9.17) is 0 Å². The Morgan fingerprint density at radius 2 is 2.00 bits per heavy atom. The highest BCUT2D eigenvalue weighted by Gasteiger charge is 2.12. The van der Waals surface area contributed by atoms with E-state index in [1.807, 2.05) is 12.1 Å². The van der Waals surface area contributed by atoms with Gasteiger partial charge < -0.3 is 10.0 Å². The van der Waals surface area contributed by atoms with Gasteiger partial charge in [0.25, 0.3) is 0 Å². The molecule has 1 heterocycles.